The van der Waals surface area contributed by atoms with Gasteiger partial charge in [-0.15, -0.1) is 0 Å². The predicted octanol–water partition coefficient (Wildman–Crippen LogP) is 2.76. The van der Waals surface area contributed by atoms with Crippen molar-refractivity contribution in [1.29, 1.82) is 0 Å². The molecule has 3 rings (SSSR count). The number of fused-ring (bicyclic) bond motifs is 1. The first kappa shape index (κ1) is 12.3. The van der Waals surface area contributed by atoms with Gasteiger partial charge in [-0.3, -0.25) is 4.79 Å². The molecular weight excluding hydrogens is 238 g/mol. The summed E-state index contributed by atoms with van der Waals surface area (Å²) < 4.78 is 5.16. The van der Waals surface area contributed by atoms with Gasteiger partial charge in [0.25, 0.3) is 0 Å². The highest BCUT2D eigenvalue weighted by Crippen LogP contribution is 2.34. The maximum atomic E-state index is 12.1. The summed E-state index contributed by atoms with van der Waals surface area (Å²) in [5.74, 6) is 1.58. The molecule has 1 aliphatic heterocycles. The van der Waals surface area contributed by atoms with E-state index >= 15 is 0 Å². The third-order valence-corrected chi connectivity index (χ3v) is 4.15. The highest BCUT2D eigenvalue weighted by molar-refractivity contribution is 5.79. The lowest BCUT2D eigenvalue weighted by molar-refractivity contribution is -0.129. The zero-order valence-electron chi connectivity index (χ0n) is 11.2. The summed E-state index contributed by atoms with van der Waals surface area (Å²) in [6, 6.07) is 8.39. The molecule has 0 unspecified atom stereocenters. The summed E-state index contributed by atoms with van der Waals surface area (Å²) in [5, 5.41) is 0. The minimum Gasteiger partial charge on any atom is -0.497 e. The lowest BCUT2D eigenvalue weighted by Crippen LogP contribution is -2.35. The molecule has 0 spiro atoms. The van der Waals surface area contributed by atoms with Crippen LogP contribution in [0.2, 0.25) is 0 Å². The summed E-state index contributed by atoms with van der Waals surface area (Å²) >= 11 is 0. The van der Waals surface area contributed by atoms with Crippen molar-refractivity contribution in [2.75, 3.05) is 7.11 Å². The minimum absolute atomic E-state index is 0.289. The molecule has 3 nitrogen and oxygen atoms in total. The second-order valence-electron chi connectivity index (χ2n) is 5.31. The summed E-state index contributed by atoms with van der Waals surface area (Å²) in [4.78, 5) is 14.2. The smallest absolute Gasteiger partial charge is 0.223 e. The number of carbonyl (C=O) groups excluding carboxylic acids is 1. The van der Waals surface area contributed by atoms with E-state index in [9.17, 15) is 4.79 Å². The molecule has 1 aliphatic carbocycles. The van der Waals surface area contributed by atoms with Crippen LogP contribution in [0.5, 0.6) is 5.75 Å². The lowest BCUT2D eigenvalue weighted by atomic mass is 9.91. The Hall–Kier alpha value is -1.77. The SMILES string of the molecule is COc1ccc(CN2C(=O)C[C@H]3C=CCC[C@H]32)cc1. The Balaban J connectivity index is 1.74. The summed E-state index contributed by atoms with van der Waals surface area (Å²) in [6.07, 6.45) is 7.30. The van der Waals surface area contributed by atoms with E-state index in [1.165, 1.54) is 5.56 Å². The molecule has 100 valence electrons. The summed E-state index contributed by atoms with van der Waals surface area (Å²) in [5.41, 5.74) is 1.17. The number of rotatable bonds is 3. The van der Waals surface area contributed by atoms with E-state index in [2.05, 4.69) is 17.1 Å². The number of carbonyl (C=O) groups is 1. The van der Waals surface area contributed by atoms with E-state index in [0.717, 1.165) is 25.1 Å². The topological polar surface area (TPSA) is 29.5 Å². The van der Waals surface area contributed by atoms with Crippen LogP contribution >= 0.6 is 0 Å². The van der Waals surface area contributed by atoms with Gasteiger partial charge in [-0.1, -0.05) is 24.3 Å². The van der Waals surface area contributed by atoms with Gasteiger partial charge in [0.05, 0.1) is 7.11 Å². The van der Waals surface area contributed by atoms with Gasteiger partial charge in [-0.25, -0.2) is 0 Å². The van der Waals surface area contributed by atoms with Crippen LogP contribution in [0, 0.1) is 5.92 Å². The predicted molar refractivity (Wildman–Crippen MR) is 73.8 cm³/mol. The van der Waals surface area contributed by atoms with E-state index in [4.69, 9.17) is 4.74 Å². The van der Waals surface area contributed by atoms with Crippen LogP contribution in [-0.4, -0.2) is 24.0 Å². The van der Waals surface area contributed by atoms with Gasteiger partial charge in [-0.05, 0) is 30.5 Å². The monoisotopic (exact) mass is 257 g/mol. The first-order valence-corrected chi connectivity index (χ1v) is 6.87. The van der Waals surface area contributed by atoms with E-state index in [-0.39, 0.29) is 5.91 Å². The Morgan fingerprint density at radius 1 is 1.32 bits per heavy atom. The quantitative estimate of drug-likeness (QED) is 0.779. The molecule has 1 amide bonds. The van der Waals surface area contributed by atoms with Crippen molar-refractivity contribution in [1.82, 2.24) is 4.90 Å². The molecule has 1 fully saturated rings. The molecular formula is C16H19NO2. The molecule has 0 aromatic heterocycles. The van der Waals surface area contributed by atoms with Crippen LogP contribution in [-0.2, 0) is 11.3 Å². The average molecular weight is 257 g/mol. The molecule has 2 aliphatic rings. The molecule has 3 heteroatoms. The Bertz CT molecular complexity index is 492. The van der Waals surface area contributed by atoms with Crippen LogP contribution in [0.1, 0.15) is 24.8 Å². The third kappa shape index (κ3) is 2.37. The number of hydrogen-bond donors (Lipinski definition) is 0. The summed E-state index contributed by atoms with van der Waals surface area (Å²) in [7, 11) is 1.66. The number of amides is 1. The number of methoxy groups -OCH3 is 1. The van der Waals surface area contributed by atoms with E-state index in [1.807, 2.05) is 24.3 Å². The van der Waals surface area contributed by atoms with Gasteiger partial charge in [-0.2, -0.15) is 0 Å². The van der Waals surface area contributed by atoms with Crippen molar-refractivity contribution in [3.05, 3.63) is 42.0 Å². The van der Waals surface area contributed by atoms with E-state index < -0.39 is 0 Å². The van der Waals surface area contributed by atoms with E-state index in [0.29, 0.717) is 18.4 Å². The number of nitrogens with zero attached hydrogens (tertiary/aromatic N) is 1. The molecule has 19 heavy (non-hydrogen) atoms. The Kier molecular flexibility index (Phi) is 3.28. The molecule has 0 N–H and O–H groups in total. The molecule has 0 saturated carbocycles. The number of hydrogen-bond acceptors (Lipinski definition) is 2. The fourth-order valence-corrected chi connectivity index (χ4v) is 3.11. The minimum atomic E-state index is 0.289. The van der Waals surface area contributed by atoms with Crippen molar-refractivity contribution < 1.29 is 9.53 Å². The van der Waals surface area contributed by atoms with Gasteiger partial charge in [0.1, 0.15) is 5.75 Å². The summed E-state index contributed by atoms with van der Waals surface area (Å²) in [6.45, 7) is 0.720. The van der Waals surface area contributed by atoms with Crippen molar-refractivity contribution in [3.8, 4) is 5.75 Å². The van der Waals surface area contributed by atoms with Crippen LogP contribution in [0.4, 0.5) is 0 Å². The maximum absolute atomic E-state index is 12.1. The van der Waals surface area contributed by atoms with Crippen molar-refractivity contribution >= 4 is 5.91 Å². The van der Waals surface area contributed by atoms with Crippen molar-refractivity contribution in [3.63, 3.8) is 0 Å². The zero-order valence-corrected chi connectivity index (χ0v) is 11.2. The van der Waals surface area contributed by atoms with Gasteiger partial charge in [0.15, 0.2) is 0 Å². The molecule has 1 aromatic rings. The lowest BCUT2D eigenvalue weighted by Gasteiger charge is -2.29. The van der Waals surface area contributed by atoms with E-state index in [1.54, 1.807) is 7.11 Å². The fraction of sp³-hybridized carbons (Fsp3) is 0.438. The first-order valence-electron chi connectivity index (χ1n) is 6.87. The largest absolute Gasteiger partial charge is 0.497 e. The molecule has 1 saturated heterocycles. The fourth-order valence-electron chi connectivity index (χ4n) is 3.11. The van der Waals surface area contributed by atoms with Crippen LogP contribution in [0.25, 0.3) is 0 Å². The second kappa shape index (κ2) is 5.08. The molecule has 1 heterocycles. The van der Waals surface area contributed by atoms with Gasteiger partial charge in [0.2, 0.25) is 5.91 Å². The van der Waals surface area contributed by atoms with Gasteiger partial charge < -0.3 is 9.64 Å². The molecule has 0 radical (unpaired) electrons. The zero-order chi connectivity index (χ0) is 13.2. The Morgan fingerprint density at radius 2 is 2.11 bits per heavy atom. The van der Waals surface area contributed by atoms with Crippen LogP contribution in [0.3, 0.4) is 0 Å². The number of benzene rings is 1. The number of likely N-dealkylation sites (tertiary alicyclic amines) is 1. The Morgan fingerprint density at radius 3 is 2.84 bits per heavy atom. The standard InChI is InChI=1S/C16H19NO2/c1-19-14-8-6-12(7-9-14)11-17-15-5-3-2-4-13(15)10-16(17)18/h2,4,6-9,13,15H,3,5,10-11H2,1H3/t13-,15-/m1/s1. The molecule has 2 atom stereocenters. The first-order chi connectivity index (χ1) is 9.28. The maximum Gasteiger partial charge on any atom is 0.223 e. The van der Waals surface area contributed by atoms with Crippen LogP contribution < -0.4 is 4.74 Å². The number of ether oxygens (including phenoxy) is 1. The van der Waals surface area contributed by atoms with Crippen LogP contribution in [0.15, 0.2) is 36.4 Å². The molecule has 0 bridgehead atoms. The highest BCUT2D eigenvalue weighted by Gasteiger charge is 2.38. The Labute approximate surface area is 113 Å². The van der Waals surface area contributed by atoms with Crippen molar-refractivity contribution in [2.45, 2.75) is 31.8 Å². The second-order valence-corrected chi connectivity index (χ2v) is 5.31. The van der Waals surface area contributed by atoms with Gasteiger partial charge in [0, 0.05) is 24.9 Å². The highest BCUT2D eigenvalue weighted by atomic mass is 16.5. The number of allylic oxidation sites excluding steroid dienone is 1. The average Bonchev–Trinajstić information content (AvgIpc) is 2.76. The van der Waals surface area contributed by atoms with Gasteiger partial charge >= 0.3 is 0 Å². The third-order valence-electron chi connectivity index (χ3n) is 4.15. The van der Waals surface area contributed by atoms with Crippen molar-refractivity contribution in [2.24, 2.45) is 5.92 Å². The normalized spacial score (nSPS) is 25.5. The molecule has 1 aromatic carbocycles.